The zero-order chi connectivity index (χ0) is 22.9. The predicted molar refractivity (Wildman–Crippen MR) is 113 cm³/mol. The molecule has 0 aromatic carbocycles. The van der Waals surface area contributed by atoms with Crippen molar-refractivity contribution in [3.8, 4) is 0 Å². The molecule has 170 valence electrons. The first kappa shape index (κ1) is 23.4. The van der Waals surface area contributed by atoms with Crippen LogP contribution >= 0.6 is 0 Å². The predicted octanol–water partition coefficient (Wildman–Crippen LogP) is 3.04. The standard InChI is InChI=1S/C24H38O6/c1-9-22(6)12-14(25)17-23(7)15(26)10-11-21(4,5)18(23)16(27)19(24(17,8)30-22)29-20(28)13(2)3/h9,13,15-19,26-27H,1,10-12H2,2-8H3/t15-,16-,17+,18-,19-,22-,23+,24-/m0/s1. The average molecular weight is 423 g/mol. The van der Waals surface area contributed by atoms with E-state index < -0.39 is 52.7 Å². The molecule has 8 atom stereocenters. The van der Waals surface area contributed by atoms with Gasteiger partial charge in [-0.2, -0.15) is 0 Å². The maximum atomic E-state index is 13.6. The molecule has 0 aromatic heterocycles. The zero-order valence-corrected chi connectivity index (χ0v) is 19.4. The summed E-state index contributed by atoms with van der Waals surface area (Å²) in [5, 5.41) is 22.8. The topological polar surface area (TPSA) is 93.1 Å². The van der Waals surface area contributed by atoms with Gasteiger partial charge in [-0.1, -0.05) is 40.7 Å². The van der Waals surface area contributed by atoms with Crippen molar-refractivity contribution in [2.75, 3.05) is 0 Å². The number of hydrogen-bond acceptors (Lipinski definition) is 6. The van der Waals surface area contributed by atoms with Crippen LogP contribution in [0.4, 0.5) is 0 Å². The first-order chi connectivity index (χ1) is 13.6. The highest BCUT2D eigenvalue weighted by Gasteiger charge is 2.73. The second-order valence-corrected chi connectivity index (χ2v) is 11.3. The molecule has 0 unspecified atom stereocenters. The molecule has 6 heteroatoms. The summed E-state index contributed by atoms with van der Waals surface area (Å²) in [7, 11) is 0. The van der Waals surface area contributed by atoms with Crippen LogP contribution in [0.2, 0.25) is 0 Å². The Morgan fingerprint density at radius 2 is 1.83 bits per heavy atom. The van der Waals surface area contributed by atoms with Crippen LogP contribution in [0.3, 0.4) is 0 Å². The highest BCUT2D eigenvalue weighted by Crippen LogP contribution is 2.65. The summed E-state index contributed by atoms with van der Waals surface area (Å²) < 4.78 is 12.4. The van der Waals surface area contributed by atoms with E-state index in [1.54, 1.807) is 33.8 Å². The van der Waals surface area contributed by atoms with Crippen LogP contribution in [0.15, 0.2) is 12.7 Å². The van der Waals surface area contributed by atoms with E-state index in [9.17, 15) is 19.8 Å². The lowest BCUT2D eigenvalue weighted by Gasteiger charge is -2.68. The number of aliphatic hydroxyl groups is 2. The maximum absolute atomic E-state index is 13.6. The van der Waals surface area contributed by atoms with Gasteiger partial charge in [0, 0.05) is 17.8 Å². The number of esters is 1. The van der Waals surface area contributed by atoms with Crippen molar-refractivity contribution in [2.24, 2.45) is 28.6 Å². The van der Waals surface area contributed by atoms with Gasteiger partial charge >= 0.3 is 5.97 Å². The molecule has 0 spiro atoms. The molecule has 0 amide bonds. The summed E-state index contributed by atoms with van der Waals surface area (Å²) in [6, 6.07) is 0. The Morgan fingerprint density at radius 3 is 2.37 bits per heavy atom. The summed E-state index contributed by atoms with van der Waals surface area (Å²) in [6.07, 6.45) is 0.105. The van der Waals surface area contributed by atoms with E-state index in [-0.39, 0.29) is 23.5 Å². The molecular weight excluding hydrogens is 384 g/mol. The third-order valence-electron chi connectivity index (χ3n) is 8.15. The number of hydrogen-bond donors (Lipinski definition) is 2. The number of Topliss-reactive ketones (excluding diaryl/α,β-unsaturated/α-hetero) is 1. The molecule has 2 N–H and O–H groups in total. The fourth-order valence-electron chi connectivity index (χ4n) is 6.85. The summed E-state index contributed by atoms with van der Waals surface area (Å²) >= 11 is 0. The number of carbonyl (C=O) groups is 2. The van der Waals surface area contributed by atoms with E-state index in [0.29, 0.717) is 12.8 Å². The first-order valence-corrected chi connectivity index (χ1v) is 11.1. The van der Waals surface area contributed by atoms with Gasteiger partial charge in [0.05, 0.1) is 29.6 Å². The molecule has 0 radical (unpaired) electrons. The highest BCUT2D eigenvalue weighted by molar-refractivity contribution is 5.86. The quantitative estimate of drug-likeness (QED) is 0.536. The van der Waals surface area contributed by atoms with Crippen molar-refractivity contribution in [2.45, 2.75) is 97.2 Å². The van der Waals surface area contributed by atoms with Crippen molar-refractivity contribution in [1.29, 1.82) is 0 Å². The number of fused-ring (bicyclic) bond motifs is 3. The van der Waals surface area contributed by atoms with Gasteiger partial charge < -0.3 is 19.7 Å². The van der Waals surface area contributed by atoms with Gasteiger partial charge in [0.15, 0.2) is 6.10 Å². The molecule has 3 rings (SSSR count). The minimum atomic E-state index is -1.29. The van der Waals surface area contributed by atoms with E-state index in [1.807, 2.05) is 6.92 Å². The summed E-state index contributed by atoms with van der Waals surface area (Å²) in [5.41, 5.74) is -3.49. The summed E-state index contributed by atoms with van der Waals surface area (Å²) in [6.45, 7) is 16.8. The molecule has 1 aliphatic heterocycles. The Morgan fingerprint density at radius 1 is 1.23 bits per heavy atom. The second kappa shape index (κ2) is 7.14. The van der Waals surface area contributed by atoms with Crippen molar-refractivity contribution in [3.05, 3.63) is 12.7 Å². The van der Waals surface area contributed by atoms with Crippen LogP contribution in [-0.4, -0.2) is 51.5 Å². The van der Waals surface area contributed by atoms with Gasteiger partial charge in [0.2, 0.25) is 0 Å². The number of aliphatic hydroxyl groups excluding tert-OH is 2. The van der Waals surface area contributed by atoms with E-state index in [4.69, 9.17) is 9.47 Å². The summed E-state index contributed by atoms with van der Waals surface area (Å²) in [4.78, 5) is 26.2. The van der Waals surface area contributed by atoms with Gasteiger partial charge in [-0.3, -0.25) is 9.59 Å². The molecule has 30 heavy (non-hydrogen) atoms. The van der Waals surface area contributed by atoms with E-state index in [2.05, 4.69) is 20.4 Å². The van der Waals surface area contributed by atoms with Crippen LogP contribution in [0, 0.1) is 28.6 Å². The Kier molecular flexibility index (Phi) is 5.58. The fourth-order valence-corrected chi connectivity index (χ4v) is 6.85. The third kappa shape index (κ3) is 3.18. The molecule has 0 bridgehead atoms. The van der Waals surface area contributed by atoms with Crippen LogP contribution in [0.1, 0.15) is 67.7 Å². The SMILES string of the molecule is C=C[C@@]1(C)CC(=O)[C@H]2[C@](C)(O1)[C@@H](OC(=O)C(C)C)[C@@H](O)[C@H]1C(C)(C)CC[C@H](O)[C@@]12C. The molecule has 3 fully saturated rings. The fraction of sp³-hybridized carbons (Fsp3) is 0.833. The highest BCUT2D eigenvalue weighted by atomic mass is 16.6. The molecule has 6 nitrogen and oxygen atoms in total. The lowest BCUT2D eigenvalue weighted by atomic mass is 9.41. The van der Waals surface area contributed by atoms with Crippen molar-refractivity contribution in [3.63, 3.8) is 0 Å². The molecule has 2 saturated carbocycles. The van der Waals surface area contributed by atoms with Gasteiger partial charge in [-0.25, -0.2) is 0 Å². The molecule has 2 aliphatic carbocycles. The molecule has 1 saturated heterocycles. The van der Waals surface area contributed by atoms with Crippen molar-refractivity contribution < 1.29 is 29.3 Å². The van der Waals surface area contributed by atoms with Crippen LogP contribution in [-0.2, 0) is 19.1 Å². The Hall–Kier alpha value is -1.24. The van der Waals surface area contributed by atoms with Crippen molar-refractivity contribution in [1.82, 2.24) is 0 Å². The lowest BCUT2D eigenvalue weighted by Crippen LogP contribution is -2.77. The first-order valence-electron chi connectivity index (χ1n) is 11.1. The summed E-state index contributed by atoms with van der Waals surface area (Å²) in [5.74, 6) is -2.03. The molecule has 0 aromatic rings. The number of ketones is 1. The minimum absolute atomic E-state index is 0.0482. The Bertz CT molecular complexity index is 744. The van der Waals surface area contributed by atoms with Crippen LogP contribution in [0.5, 0.6) is 0 Å². The molecule has 3 aliphatic rings. The number of carbonyl (C=O) groups excluding carboxylic acids is 2. The van der Waals surface area contributed by atoms with Gasteiger partial charge in [0.1, 0.15) is 11.4 Å². The second-order valence-electron chi connectivity index (χ2n) is 11.3. The molecular formula is C24H38O6. The van der Waals surface area contributed by atoms with Crippen LogP contribution < -0.4 is 0 Å². The van der Waals surface area contributed by atoms with Gasteiger partial charge in [-0.15, -0.1) is 6.58 Å². The number of ether oxygens (including phenoxy) is 2. The lowest BCUT2D eigenvalue weighted by molar-refractivity contribution is -0.321. The van der Waals surface area contributed by atoms with Crippen LogP contribution in [0.25, 0.3) is 0 Å². The normalized spacial score (nSPS) is 47.9. The Labute approximate surface area is 180 Å². The van der Waals surface area contributed by atoms with Gasteiger partial charge in [-0.05, 0) is 32.1 Å². The maximum Gasteiger partial charge on any atom is 0.308 e. The smallest absolute Gasteiger partial charge is 0.308 e. The zero-order valence-electron chi connectivity index (χ0n) is 19.4. The number of rotatable bonds is 3. The Balaban J connectivity index is 2.22. The van der Waals surface area contributed by atoms with E-state index >= 15 is 0 Å². The molecule has 1 heterocycles. The minimum Gasteiger partial charge on any atom is -0.456 e. The van der Waals surface area contributed by atoms with Gasteiger partial charge in [0.25, 0.3) is 0 Å². The largest absolute Gasteiger partial charge is 0.456 e. The van der Waals surface area contributed by atoms with E-state index in [1.165, 1.54) is 0 Å². The van der Waals surface area contributed by atoms with Crippen molar-refractivity contribution >= 4 is 11.8 Å². The average Bonchev–Trinajstić information content (AvgIpc) is 2.60. The van der Waals surface area contributed by atoms with E-state index in [0.717, 1.165) is 0 Å². The monoisotopic (exact) mass is 422 g/mol. The third-order valence-corrected chi connectivity index (χ3v) is 8.15.